The van der Waals surface area contributed by atoms with E-state index in [-0.39, 0.29) is 0 Å². The van der Waals surface area contributed by atoms with E-state index in [0.717, 1.165) is 2.04 Å². The number of hydrogen-bond donors (Lipinski definition) is 0. The van der Waals surface area contributed by atoms with Gasteiger partial charge < -0.3 is 0 Å². The van der Waals surface area contributed by atoms with E-state index >= 15 is 0 Å². The van der Waals surface area contributed by atoms with E-state index in [1.54, 1.807) is 0 Å². The number of rotatable bonds is 4. The fourth-order valence-electron chi connectivity index (χ4n) is 3.87. The topological polar surface area (TPSA) is 0 Å². The summed E-state index contributed by atoms with van der Waals surface area (Å²) in [5, 5.41) is 0. The van der Waals surface area contributed by atoms with Crippen molar-refractivity contribution in [1.29, 1.82) is 0 Å². The fraction of sp³-hybridized carbons (Fsp3) is 1.00. The molecule has 15 heavy (non-hydrogen) atoms. The molecule has 0 unspecified atom stereocenters. The van der Waals surface area contributed by atoms with E-state index in [1.165, 1.54) is 0 Å². The van der Waals surface area contributed by atoms with Crippen molar-refractivity contribution >= 4 is 54.5 Å². The number of hydrogen-bond acceptors (Lipinski definition) is 0. The van der Waals surface area contributed by atoms with Gasteiger partial charge in [-0.1, -0.05) is 0 Å². The zero-order valence-electron chi connectivity index (χ0n) is 12.0. The van der Waals surface area contributed by atoms with Crippen molar-refractivity contribution in [1.82, 2.24) is 0 Å². The minimum absolute atomic E-state index is 0.726. The van der Waals surface area contributed by atoms with Crippen molar-refractivity contribution in [2.75, 3.05) is 0 Å². The summed E-state index contributed by atoms with van der Waals surface area (Å²) in [6, 6.07) is 0. The molecule has 0 heterocycles. The molecule has 89 valence electrons. The van der Waals surface area contributed by atoms with Crippen LogP contribution in [-0.4, -0.2) is 45.9 Å². The van der Waals surface area contributed by atoms with Crippen LogP contribution in [0.5, 0.6) is 0 Å². The average molecular weight is 382 g/mol. The van der Waals surface area contributed by atoms with Crippen LogP contribution in [0.4, 0.5) is 0 Å². The van der Waals surface area contributed by atoms with Crippen LogP contribution < -0.4 is 0 Å². The third-order valence-corrected chi connectivity index (χ3v) is 56.3. The van der Waals surface area contributed by atoms with Gasteiger partial charge in [-0.2, -0.15) is 0 Å². The Balaban J connectivity index is 5.78. The normalized spacial score (nSPS) is 15.3. The summed E-state index contributed by atoms with van der Waals surface area (Å²) < 4.78 is 0.726. The Morgan fingerprint density at radius 3 is 0.867 bits per heavy atom. The molecule has 0 saturated carbocycles. The van der Waals surface area contributed by atoms with E-state index in [0.29, 0.717) is 0 Å². The molecule has 0 aromatic carbocycles. The summed E-state index contributed by atoms with van der Waals surface area (Å²) in [7, 11) is 3.28. The summed E-state index contributed by atoms with van der Waals surface area (Å²) in [5.41, 5.74) is 0. The molecule has 0 fully saturated rings. The second-order valence-electron chi connectivity index (χ2n) is 7.67. The van der Waals surface area contributed by atoms with Crippen LogP contribution in [0, 0.1) is 0 Å². The van der Waals surface area contributed by atoms with Gasteiger partial charge in [-0.25, -0.2) is 0 Å². The van der Waals surface area contributed by atoms with Crippen molar-refractivity contribution in [3.8, 4) is 0 Å². The van der Waals surface area contributed by atoms with Crippen molar-refractivity contribution in [3.63, 3.8) is 0 Å². The average Bonchev–Trinajstić information content (AvgIpc) is 1.76. The SMILES string of the molecule is C[Si](C)(C)[C]([In][Cl])([Si](C)(C)C)[Si](C)(C)C. The van der Waals surface area contributed by atoms with E-state index in [1.807, 2.05) is 0 Å². The van der Waals surface area contributed by atoms with Gasteiger partial charge in [0.1, 0.15) is 0 Å². The first-order valence-electron chi connectivity index (χ1n) is 5.76. The van der Waals surface area contributed by atoms with Crippen molar-refractivity contribution < 1.29 is 0 Å². The van der Waals surface area contributed by atoms with E-state index in [4.69, 9.17) is 8.58 Å². The maximum atomic E-state index is 6.67. The van der Waals surface area contributed by atoms with Gasteiger partial charge in [0.15, 0.2) is 0 Å². The molecular formula is C10H27ClInSi3. The molecular weight excluding hydrogens is 355 g/mol. The van der Waals surface area contributed by atoms with Gasteiger partial charge in [-0.05, 0) is 0 Å². The Bertz CT molecular complexity index is 186. The van der Waals surface area contributed by atoms with Crippen LogP contribution in [-0.2, 0) is 0 Å². The second-order valence-corrected chi connectivity index (χ2v) is 34.5. The van der Waals surface area contributed by atoms with Crippen LogP contribution in [0.25, 0.3) is 0 Å². The standard InChI is InChI=1S/C10H27Si3.ClH.In/c1-11(2,3)10(12(4,5)6)13(7,8)9;;/h1-9H3;1H;/q;;+1/p-1. The molecule has 1 radical (unpaired) electrons. The van der Waals surface area contributed by atoms with E-state index in [2.05, 4.69) is 58.9 Å². The zero-order chi connectivity index (χ0) is 12.7. The van der Waals surface area contributed by atoms with Gasteiger partial charge in [0.2, 0.25) is 0 Å². The van der Waals surface area contributed by atoms with Crippen molar-refractivity contribution in [2.45, 2.75) is 61.0 Å². The van der Waals surface area contributed by atoms with Crippen LogP contribution in [0.2, 0.25) is 61.0 Å². The summed E-state index contributed by atoms with van der Waals surface area (Å²) in [4.78, 5) is 0. The molecule has 0 amide bonds. The molecule has 5 heteroatoms. The summed E-state index contributed by atoms with van der Waals surface area (Å²) in [5.74, 6) is 0. The number of halogens is 1. The molecule has 0 spiro atoms. The van der Waals surface area contributed by atoms with Crippen molar-refractivity contribution in [3.05, 3.63) is 0 Å². The molecule has 0 aliphatic carbocycles. The van der Waals surface area contributed by atoms with E-state index in [9.17, 15) is 0 Å². The fourth-order valence-corrected chi connectivity index (χ4v) is 60.0. The molecule has 0 aliphatic heterocycles. The van der Waals surface area contributed by atoms with Crippen LogP contribution in [0.1, 0.15) is 0 Å². The molecule has 0 atom stereocenters. The molecule has 0 bridgehead atoms. The Morgan fingerprint density at radius 1 is 0.667 bits per heavy atom. The third-order valence-electron chi connectivity index (χ3n) is 3.71. The first-order chi connectivity index (χ1) is 6.31. The predicted octanol–water partition coefficient (Wildman–Crippen LogP) is 4.64. The predicted molar refractivity (Wildman–Crippen MR) is 84.3 cm³/mol. The molecule has 0 N–H and O–H groups in total. The summed E-state index contributed by atoms with van der Waals surface area (Å²) in [6.07, 6.45) is 0. The second kappa shape index (κ2) is 4.82. The van der Waals surface area contributed by atoms with Gasteiger partial charge in [0, 0.05) is 0 Å². The molecule has 0 rings (SSSR count). The minimum atomic E-state index is -1.13. The van der Waals surface area contributed by atoms with Crippen LogP contribution in [0.3, 0.4) is 0 Å². The van der Waals surface area contributed by atoms with Crippen LogP contribution in [0.15, 0.2) is 0 Å². The molecule has 0 aromatic heterocycles. The third kappa shape index (κ3) is 2.98. The van der Waals surface area contributed by atoms with Gasteiger partial charge in [0.05, 0.1) is 0 Å². The molecule has 0 aromatic rings. The first kappa shape index (κ1) is 16.8. The molecule has 0 aliphatic rings. The van der Waals surface area contributed by atoms with Gasteiger partial charge >= 0.3 is 115 Å². The maximum absolute atomic E-state index is 6.67. The Labute approximate surface area is 115 Å². The zero-order valence-corrected chi connectivity index (χ0v) is 19.0. The van der Waals surface area contributed by atoms with E-state index < -0.39 is 45.9 Å². The van der Waals surface area contributed by atoms with Crippen LogP contribution >= 0.6 is 8.58 Å². The Hall–Kier alpha value is 1.81. The Kier molecular flexibility index (Phi) is 5.41. The Morgan fingerprint density at radius 2 is 0.867 bits per heavy atom. The van der Waals surface area contributed by atoms with Crippen molar-refractivity contribution in [2.24, 2.45) is 0 Å². The molecule has 0 saturated heterocycles. The van der Waals surface area contributed by atoms with Gasteiger partial charge in [-0.15, -0.1) is 0 Å². The molecule has 0 nitrogen and oxygen atoms in total. The quantitative estimate of drug-likeness (QED) is 0.622. The first-order valence-corrected chi connectivity index (χ1v) is 22.1. The monoisotopic (exact) mass is 381 g/mol. The van der Waals surface area contributed by atoms with Gasteiger partial charge in [0.25, 0.3) is 0 Å². The summed E-state index contributed by atoms with van der Waals surface area (Å²) >= 11 is -0.924. The summed E-state index contributed by atoms with van der Waals surface area (Å²) in [6.45, 7) is 23.1. The van der Waals surface area contributed by atoms with Gasteiger partial charge in [-0.3, -0.25) is 0 Å².